The molecule has 0 spiro atoms. The van der Waals surface area contributed by atoms with Crippen LogP contribution >= 0.6 is 0 Å². The first-order chi connectivity index (χ1) is 10.0. The van der Waals surface area contributed by atoms with Crippen LogP contribution in [0, 0.1) is 0 Å². The summed E-state index contributed by atoms with van der Waals surface area (Å²) in [6.45, 7) is 4.82. The molecule has 0 aromatic carbocycles. The number of amides is 1. The maximum atomic E-state index is 12.7. The molecule has 0 radical (unpaired) electrons. The molecule has 5 heteroatoms. The lowest BCUT2D eigenvalue weighted by Gasteiger charge is -2.30. The highest BCUT2D eigenvalue weighted by Gasteiger charge is 2.25. The van der Waals surface area contributed by atoms with Crippen LogP contribution in [0.2, 0.25) is 0 Å². The number of hydrogen-bond donors (Lipinski definition) is 1. The van der Waals surface area contributed by atoms with Crippen LogP contribution in [0.4, 0.5) is 0 Å². The normalized spacial score (nSPS) is 19.2. The second-order valence-electron chi connectivity index (χ2n) is 6.64. The van der Waals surface area contributed by atoms with Gasteiger partial charge < -0.3 is 20.0 Å². The van der Waals surface area contributed by atoms with Gasteiger partial charge in [0.05, 0.1) is 6.04 Å². The molecule has 1 fully saturated rings. The van der Waals surface area contributed by atoms with Gasteiger partial charge in [0, 0.05) is 13.1 Å². The smallest absolute Gasteiger partial charge is 0.239 e. The Balaban J connectivity index is 2.45. The summed E-state index contributed by atoms with van der Waals surface area (Å²) in [7, 11) is 8.34. The number of hydrogen-bond acceptors (Lipinski definition) is 4. The summed E-state index contributed by atoms with van der Waals surface area (Å²) < 4.78 is 0. The van der Waals surface area contributed by atoms with E-state index in [9.17, 15) is 4.79 Å². The van der Waals surface area contributed by atoms with E-state index in [2.05, 4.69) is 48.2 Å². The van der Waals surface area contributed by atoms with Gasteiger partial charge in [0.15, 0.2) is 0 Å². The predicted molar refractivity (Wildman–Crippen MR) is 88.6 cm³/mol. The van der Waals surface area contributed by atoms with Crippen molar-refractivity contribution in [2.45, 2.75) is 38.1 Å². The summed E-state index contributed by atoms with van der Waals surface area (Å²) in [6, 6.07) is 0.0532. The first-order valence-electron chi connectivity index (χ1n) is 8.32. The van der Waals surface area contributed by atoms with Gasteiger partial charge in [0.1, 0.15) is 0 Å². The third-order valence-electron chi connectivity index (χ3n) is 3.99. The Hall–Kier alpha value is -0.650. The molecule has 0 aromatic heterocycles. The first-order valence-corrected chi connectivity index (χ1v) is 8.32. The highest BCUT2D eigenvalue weighted by Crippen LogP contribution is 2.11. The number of nitrogens with zero attached hydrogens (tertiary/aromatic N) is 3. The van der Waals surface area contributed by atoms with Crippen LogP contribution in [0.25, 0.3) is 0 Å². The average Bonchev–Trinajstić information content (AvgIpc) is 2.45. The molecule has 0 aromatic rings. The van der Waals surface area contributed by atoms with Crippen LogP contribution in [0.15, 0.2) is 0 Å². The molecular weight excluding hydrogens is 264 g/mol. The third kappa shape index (κ3) is 7.79. The molecule has 1 saturated heterocycles. The third-order valence-corrected chi connectivity index (χ3v) is 3.99. The van der Waals surface area contributed by atoms with Gasteiger partial charge in [0.25, 0.3) is 0 Å². The summed E-state index contributed by atoms with van der Waals surface area (Å²) in [5.41, 5.74) is 0. The fraction of sp³-hybridized carbons (Fsp3) is 0.938. The van der Waals surface area contributed by atoms with Crippen molar-refractivity contribution >= 4 is 5.91 Å². The molecule has 21 heavy (non-hydrogen) atoms. The fourth-order valence-corrected chi connectivity index (χ4v) is 2.77. The van der Waals surface area contributed by atoms with Crippen molar-refractivity contribution < 1.29 is 4.79 Å². The molecule has 1 heterocycles. The predicted octanol–water partition coefficient (Wildman–Crippen LogP) is 0.861. The van der Waals surface area contributed by atoms with Gasteiger partial charge in [-0.05, 0) is 73.5 Å². The van der Waals surface area contributed by atoms with Crippen LogP contribution in [0.1, 0.15) is 32.1 Å². The van der Waals surface area contributed by atoms with Gasteiger partial charge in [-0.3, -0.25) is 4.79 Å². The summed E-state index contributed by atoms with van der Waals surface area (Å²) in [6.07, 6.45) is 5.47. The van der Waals surface area contributed by atoms with E-state index in [0.29, 0.717) is 5.91 Å². The van der Waals surface area contributed by atoms with Gasteiger partial charge in [-0.15, -0.1) is 0 Å². The fourth-order valence-electron chi connectivity index (χ4n) is 2.77. The van der Waals surface area contributed by atoms with Crippen LogP contribution in [-0.4, -0.2) is 87.6 Å². The maximum absolute atomic E-state index is 12.7. The monoisotopic (exact) mass is 298 g/mol. The lowest BCUT2D eigenvalue weighted by atomic mass is 10.0. The van der Waals surface area contributed by atoms with Crippen LogP contribution in [0.3, 0.4) is 0 Å². The van der Waals surface area contributed by atoms with Crippen LogP contribution < -0.4 is 5.32 Å². The molecule has 1 N–H and O–H groups in total. The molecule has 0 saturated carbocycles. The summed E-state index contributed by atoms with van der Waals surface area (Å²) in [5.74, 6) is 0.312. The van der Waals surface area contributed by atoms with Crippen LogP contribution in [0.5, 0.6) is 0 Å². The number of carbonyl (C=O) groups excluding carboxylic acids is 1. The molecule has 1 aliphatic rings. The maximum Gasteiger partial charge on any atom is 0.239 e. The molecule has 0 aliphatic carbocycles. The first kappa shape index (κ1) is 18.4. The highest BCUT2D eigenvalue weighted by atomic mass is 16.2. The zero-order valence-electron chi connectivity index (χ0n) is 14.4. The van der Waals surface area contributed by atoms with Crippen LogP contribution in [-0.2, 0) is 4.79 Å². The van der Waals surface area contributed by atoms with Crippen molar-refractivity contribution in [1.82, 2.24) is 20.0 Å². The molecule has 1 rings (SSSR count). The zero-order chi connectivity index (χ0) is 15.7. The molecule has 1 amide bonds. The molecule has 0 bridgehead atoms. The molecule has 1 atom stereocenters. The van der Waals surface area contributed by atoms with E-state index in [1.807, 2.05) is 0 Å². The molecule has 5 nitrogen and oxygen atoms in total. The van der Waals surface area contributed by atoms with E-state index in [4.69, 9.17) is 0 Å². The number of nitrogens with one attached hydrogen (secondary N) is 1. The van der Waals surface area contributed by atoms with E-state index in [1.165, 1.54) is 12.8 Å². The van der Waals surface area contributed by atoms with E-state index in [-0.39, 0.29) is 6.04 Å². The van der Waals surface area contributed by atoms with Crippen molar-refractivity contribution in [3.63, 3.8) is 0 Å². The molecule has 1 aliphatic heterocycles. The van der Waals surface area contributed by atoms with E-state index in [1.54, 1.807) is 0 Å². The lowest BCUT2D eigenvalue weighted by molar-refractivity contribution is -0.134. The lowest BCUT2D eigenvalue weighted by Crippen LogP contribution is -2.49. The van der Waals surface area contributed by atoms with Gasteiger partial charge in [0.2, 0.25) is 5.91 Å². The Labute approximate surface area is 130 Å². The molecular formula is C16H34N4O. The number of piperidine rings is 1. The Bertz CT molecular complexity index is 274. The Morgan fingerprint density at radius 2 is 1.52 bits per heavy atom. The zero-order valence-corrected chi connectivity index (χ0v) is 14.4. The van der Waals surface area contributed by atoms with Gasteiger partial charge in [-0.2, -0.15) is 0 Å². The Morgan fingerprint density at radius 1 is 0.952 bits per heavy atom. The Kier molecular flexibility index (Phi) is 8.88. The van der Waals surface area contributed by atoms with E-state index in [0.717, 1.165) is 52.0 Å². The Morgan fingerprint density at radius 3 is 1.95 bits per heavy atom. The quantitative estimate of drug-likeness (QED) is 0.685. The van der Waals surface area contributed by atoms with Crippen molar-refractivity contribution in [1.29, 1.82) is 0 Å². The summed E-state index contributed by atoms with van der Waals surface area (Å²) >= 11 is 0. The topological polar surface area (TPSA) is 38.8 Å². The average molecular weight is 298 g/mol. The second-order valence-corrected chi connectivity index (χ2v) is 6.64. The molecule has 0 unspecified atom stereocenters. The standard InChI is InChI=1S/C16H34N4O/c1-18(2)11-7-13-20(14-8-12-19(3)4)16(21)15-9-5-6-10-17-15/h15,17H,5-14H2,1-4H3/t15-/m1/s1. The van der Waals surface area contributed by atoms with Crippen molar-refractivity contribution in [2.24, 2.45) is 0 Å². The summed E-state index contributed by atoms with van der Waals surface area (Å²) in [4.78, 5) is 19.1. The van der Waals surface area contributed by atoms with Crippen molar-refractivity contribution in [3.8, 4) is 0 Å². The number of rotatable bonds is 9. The molecule has 124 valence electrons. The SMILES string of the molecule is CN(C)CCCN(CCCN(C)C)C(=O)[C@H]1CCCCN1. The number of carbonyl (C=O) groups is 1. The second kappa shape index (κ2) is 10.1. The minimum Gasteiger partial charge on any atom is -0.341 e. The minimum absolute atomic E-state index is 0.0532. The van der Waals surface area contributed by atoms with Gasteiger partial charge >= 0.3 is 0 Å². The highest BCUT2D eigenvalue weighted by molar-refractivity contribution is 5.82. The van der Waals surface area contributed by atoms with Crippen molar-refractivity contribution in [2.75, 3.05) is 60.9 Å². The largest absolute Gasteiger partial charge is 0.341 e. The van der Waals surface area contributed by atoms with Gasteiger partial charge in [-0.1, -0.05) is 6.42 Å². The summed E-state index contributed by atoms with van der Waals surface area (Å²) in [5, 5.41) is 3.39. The van der Waals surface area contributed by atoms with Gasteiger partial charge in [-0.25, -0.2) is 0 Å². The van der Waals surface area contributed by atoms with Crippen molar-refractivity contribution in [3.05, 3.63) is 0 Å². The van der Waals surface area contributed by atoms with E-state index >= 15 is 0 Å². The van der Waals surface area contributed by atoms with E-state index < -0.39 is 0 Å². The minimum atomic E-state index is 0.0532.